The van der Waals surface area contributed by atoms with E-state index in [1.54, 1.807) is 0 Å². The van der Waals surface area contributed by atoms with Crippen LogP contribution in [0.5, 0.6) is 0 Å². The average molecular weight is 235 g/mol. The van der Waals surface area contributed by atoms with Gasteiger partial charge in [0.2, 0.25) is 5.89 Å². The van der Waals surface area contributed by atoms with E-state index in [0.717, 1.165) is 30.0 Å². The van der Waals surface area contributed by atoms with Gasteiger partial charge in [-0.25, -0.2) is 0 Å². The Hall–Kier alpha value is -0.900. The summed E-state index contributed by atoms with van der Waals surface area (Å²) in [5.74, 6) is 4.45. The Balaban J connectivity index is 1.68. The van der Waals surface area contributed by atoms with Crippen molar-refractivity contribution in [3.05, 3.63) is 11.7 Å². The van der Waals surface area contributed by atoms with Crippen LogP contribution in [-0.2, 0) is 6.42 Å². The van der Waals surface area contributed by atoms with Crippen molar-refractivity contribution in [1.82, 2.24) is 10.1 Å². The van der Waals surface area contributed by atoms with E-state index in [1.165, 1.54) is 25.7 Å². The molecule has 1 aromatic rings. The van der Waals surface area contributed by atoms with E-state index >= 15 is 0 Å². The van der Waals surface area contributed by atoms with Gasteiger partial charge in [0.15, 0.2) is 5.82 Å². The predicted octanol–water partition coefficient (Wildman–Crippen LogP) is 2.11. The first kappa shape index (κ1) is 11.2. The SMILES string of the molecule is CC(CN)Cc1nc(C2CC3CCC2C3)no1. The molecule has 2 saturated carbocycles. The van der Waals surface area contributed by atoms with Crippen molar-refractivity contribution in [1.29, 1.82) is 0 Å². The van der Waals surface area contributed by atoms with Gasteiger partial charge in [-0.15, -0.1) is 0 Å². The molecule has 0 saturated heterocycles. The van der Waals surface area contributed by atoms with E-state index in [4.69, 9.17) is 10.3 Å². The van der Waals surface area contributed by atoms with Crippen molar-refractivity contribution in [2.75, 3.05) is 6.54 Å². The summed E-state index contributed by atoms with van der Waals surface area (Å²) in [6.07, 6.45) is 6.24. The van der Waals surface area contributed by atoms with E-state index in [0.29, 0.717) is 18.4 Å². The lowest BCUT2D eigenvalue weighted by Crippen LogP contribution is -2.13. The molecule has 94 valence electrons. The van der Waals surface area contributed by atoms with Gasteiger partial charge in [-0.05, 0) is 43.6 Å². The first-order chi connectivity index (χ1) is 8.26. The second kappa shape index (κ2) is 4.41. The molecule has 0 aliphatic heterocycles. The minimum atomic E-state index is 0.420. The Bertz CT molecular complexity index is 390. The standard InChI is InChI=1S/C13H21N3O/c1-8(7-14)4-12-15-13(16-17-12)11-6-9-2-3-10(11)5-9/h8-11H,2-7,14H2,1H3. The Morgan fingerprint density at radius 1 is 1.41 bits per heavy atom. The normalized spacial score (nSPS) is 33.2. The second-order valence-electron chi connectivity index (χ2n) is 5.87. The van der Waals surface area contributed by atoms with Crippen LogP contribution in [0, 0.1) is 17.8 Å². The molecule has 0 aromatic carbocycles. The predicted molar refractivity (Wildman–Crippen MR) is 64.4 cm³/mol. The summed E-state index contributed by atoms with van der Waals surface area (Å²) >= 11 is 0. The fourth-order valence-electron chi connectivity index (χ4n) is 3.44. The van der Waals surface area contributed by atoms with Gasteiger partial charge < -0.3 is 10.3 Å². The van der Waals surface area contributed by atoms with Gasteiger partial charge in [0.1, 0.15) is 0 Å². The molecule has 4 heteroatoms. The zero-order valence-corrected chi connectivity index (χ0v) is 10.4. The van der Waals surface area contributed by atoms with E-state index in [1.807, 2.05) is 0 Å². The maximum absolute atomic E-state index is 5.61. The van der Waals surface area contributed by atoms with Crippen LogP contribution in [0.4, 0.5) is 0 Å². The van der Waals surface area contributed by atoms with Crippen LogP contribution in [0.2, 0.25) is 0 Å². The molecule has 2 aliphatic carbocycles. The molecule has 0 amide bonds. The van der Waals surface area contributed by atoms with Crippen molar-refractivity contribution in [3.63, 3.8) is 0 Å². The fourth-order valence-corrected chi connectivity index (χ4v) is 3.44. The minimum Gasteiger partial charge on any atom is -0.339 e. The molecular formula is C13H21N3O. The molecule has 1 heterocycles. The maximum atomic E-state index is 5.61. The topological polar surface area (TPSA) is 64.9 Å². The number of hydrogen-bond acceptors (Lipinski definition) is 4. The van der Waals surface area contributed by atoms with Crippen LogP contribution >= 0.6 is 0 Å². The van der Waals surface area contributed by atoms with E-state index < -0.39 is 0 Å². The first-order valence-electron chi connectivity index (χ1n) is 6.78. The number of nitrogens with zero attached hydrogens (tertiary/aromatic N) is 2. The van der Waals surface area contributed by atoms with Gasteiger partial charge in [-0.2, -0.15) is 4.98 Å². The highest BCUT2D eigenvalue weighted by Crippen LogP contribution is 2.52. The third-order valence-electron chi connectivity index (χ3n) is 4.48. The van der Waals surface area contributed by atoms with Crippen LogP contribution in [0.25, 0.3) is 0 Å². The molecule has 0 spiro atoms. The lowest BCUT2D eigenvalue weighted by molar-refractivity contribution is 0.341. The molecule has 1 aromatic heterocycles. The van der Waals surface area contributed by atoms with E-state index in [9.17, 15) is 0 Å². The molecule has 2 N–H and O–H groups in total. The van der Waals surface area contributed by atoms with Crippen molar-refractivity contribution in [3.8, 4) is 0 Å². The molecule has 4 atom stereocenters. The molecule has 3 rings (SSSR count). The Kier molecular flexibility index (Phi) is 2.90. The fraction of sp³-hybridized carbons (Fsp3) is 0.846. The molecular weight excluding hydrogens is 214 g/mol. The van der Waals surface area contributed by atoms with E-state index in [2.05, 4.69) is 17.1 Å². The molecule has 4 nitrogen and oxygen atoms in total. The van der Waals surface area contributed by atoms with Gasteiger partial charge in [-0.3, -0.25) is 0 Å². The smallest absolute Gasteiger partial charge is 0.226 e. The molecule has 2 bridgehead atoms. The van der Waals surface area contributed by atoms with Crippen LogP contribution in [0.1, 0.15) is 50.2 Å². The summed E-state index contributed by atoms with van der Waals surface area (Å²) in [5.41, 5.74) is 5.61. The second-order valence-corrected chi connectivity index (χ2v) is 5.87. The molecule has 0 radical (unpaired) electrons. The average Bonchev–Trinajstić information content (AvgIpc) is 3.03. The molecule has 2 aliphatic rings. The molecule has 17 heavy (non-hydrogen) atoms. The van der Waals surface area contributed by atoms with Crippen LogP contribution < -0.4 is 5.73 Å². The first-order valence-corrected chi connectivity index (χ1v) is 6.78. The van der Waals surface area contributed by atoms with Crippen molar-refractivity contribution in [2.45, 2.75) is 44.9 Å². The number of aromatic nitrogens is 2. The highest BCUT2D eigenvalue weighted by molar-refractivity contribution is 5.06. The monoisotopic (exact) mass is 235 g/mol. The number of rotatable bonds is 4. The summed E-state index contributed by atoms with van der Waals surface area (Å²) in [7, 11) is 0. The Morgan fingerprint density at radius 3 is 2.94 bits per heavy atom. The van der Waals surface area contributed by atoms with Crippen molar-refractivity contribution < 1.29 is 4.52 Å². The molecule has 4 unspecified atom stereocenters. The van der Waals surface area contributed by atoms with Crippen LogP contribution in [-0.4, -0.2) is 16.7 Å². The number of nitrogens with two attached hydrogens (primary N) is 1. The third kappa shape index (κ3) is 2.10. The summed E-state index contributed by atoms with van der Waals surface area (Å²) in [6, 6.07) is 0. The highest BCUT2D eigenvalue weighted by Gasteiger charge is 2.42. The van der Waals surface area contributed by atoms with Gasteiger partial charge in [0.25, 0.3) is 0 Å². The summed E-state index contributed by atoms with van der Waals surface area (Å²) in [5, 5.41) is 4.18. The number of fused-ring (bicyclic) bond motifs is 2. The quantitative estimate of drug-likeness (QED) is 0.868. The lowest BCUT2D eigenvalue weighted by Gasteiger charge is -2.17. The lowest BCUT2D eigenvalue weighted by atomic mass is 9.88. The Labute approximate surface area is 102 Å². The number of hydrogen-bond donors (Lipinski definition) is 1. The Morgan fingerprint density at radius 2 is 2.29 bits per heavy atom. The summed E-state index contributed by atoms with van der Waals surface area (Å²) < 4.78 is 5.34. The summed E-state index contributed by atoms with van der Waals surface area (Å²) in [6.45, 7) is 2.78. The van der Waals surface area contributed by atoms with Gasteiger partial charge in [0, 0.05) is 12.3 Å². The molecule has 2 fully saturated rings. The van der Waals surface area contributed by atoms with E-state index in [-0.39, 0.29) is 0 Å². The largest absolute Gasteiger partial charge is 0.339 e. The minimum absolute atomic E-state index is 0.420. The van der Waals surface area contributed by atoms with Crippen LogP contribution in [0.15, 0.2) is 4.52 Å². The van der Waals surface area contributed by atoms with Gasteiger partial charge in [-0.1, -0.05) is 18.5 Å². The zero-order chi connectivity index (χ0) is 11.8. The zero-order valence-electron chi connectivity index (χ0n) is 10.4. The van der Waals surface area contributed by atoms with Gasteiger partial charge in [0.05, 0.1) is 0 Å². The van der Waals surface area contributed by atoms with Crippen LogP contribution in [0.3, 0.4) is 0 Å². The van der Waals surface area contributed by atoms with Crippen molar-refractivity contribution in [2.24, 2.45) is 23.5 Å². The third-order valence-corrected chi connectivity index (χ3v) is 4.48. The van der Waals surface area contributed by atoms with Gasteiger partial charge >= 0.3 is 0 Å². The maximum Gasteiger partial charge on any atom is 0.226 e. The highest BCUT2D eigenvalue weighted by atomic mass is 16.5. The summed E-state index contributed by atoms with van der Waals surface area (Å²) in [4.78, 5) is 4.57. The van der Waals surface area contributed by atoms with Crippen molar-refractivity contribution >= 4 is 0 Å².